The number of rotatable bonds is 7. The van der Waals surface area contributed by atoms with Crippen molar-refractivity contribution in [2.24, 2.45) is 5.92 Å². The molecule has 2 atom stereocenters. The van der Waals surface area contributed by atoms with Gasteiger partial charge in [0.1, 0.15) is 5.75 Å². The molecule has 1 aromatic rings. The van der Waals surface area contributed by atoms with Gasteiger partial charge in [-0.05, 0) is 37.0 Å². The number of nitrogens with one attached hydrogen (secondary N) is 1. The van der Waals surface area contributed by atoms with E-state index in [1.807, 2.05) is 24.3 Å². The van der Waals surface area contributed by atoms with Crippen LogP contribution in [0.3, 0.4) is 0 Å². The molecule has 2 aliphatic heterocycles. The van der Waals surface area contributed by atoms with Gasteiger partial charge in [0.05, 0.1) is 19.1 Å². The zero-order valence-electron chi connectivity index (χ0n) is 14.7. The van der Waals surface area contributed by atoms with Crippen LogP contribution in [0.1, 0.15) is 24.8 Å². The zero-order valence-corrected chi connectivity index (χ0v) is 14.7. The lowest BCUT2D eigenvalue weighted by Gasteiger charge is -2.20. The molecule has 2 aliphatic rings. The number of hydrogen-bond acceptors (Lipinski definition) is 4. The molecule has 2 heterocycles. The smallest absolute Gasteiger partial charge is 0.225 e. The van der Waals surface area contributed by atoms with E-state index >= 15 is 0 Å². The van der Waals surface area contributed by atoms with Crippen LogP contribution in [0.5, 0.6) is 5.75 Å². The average molecular weight is 346 g/mol. The molecule has 6 nitrogen and oxygen atoms in total. The minimum absolute atomic E-state index is 0.0308. The van der Waals surface area contributed by atoms with Crippen molar-refractivity contribution in [3.05, 3.63) is 29.8 Å². The van der Waals surface area contributed by atoms with E-state index in [0.717, 1.165) is 37.2 Å². The number of nitrogens with zero attached hydrogens (tertiary/aromatic N) is 1. The van der Waals surface area contributed by atoms with Crippen molar-refractivity contribution in [3.63, 3.8) is 0 Å². The van der Waals surface area contributed by atoms with Crippen molar-refractivity contribution in [2.75, 3.05) is 33.4 Å². The van der Waals surface area contributed by atoms with Crippen LogP contribution in [0.2, 0.25) is 0 Å². The highest BCUT2D eigenvalue weighted by atomic mass is 16.5. The lowest BCUT2D eigenvalue weighted by atomic mass is 10.1. The molecule has 136 valence electrons. The van der Waals surface area contributed by atoms with Gasteiger partial charge in [-0.2, -0.15) is 0 Å². The minimum atomic E-state index is -0.246. The summed E-state index contributed by atoms with van der Waals surface area (Å²) in [5.41, 5.74) is 1.14. The molecule has 3 rings (SSSR count). The Morgan fingerprint density at radius 3 is 2.84 bits per heavy atom. The summed E-state index contributed by atoms with van der Waals surface area (Å²) in [7, 11) is 1.64. The second-order valence-corrected chi connectivity index (χ2v) is 6.72. The molecule has 6 heteroatoms. The van der Waals surface area contributed by atoms with Crippen LogP contribution in [0.25, 0.3) is 0 Å². The van der Waals surface area contributed by atoms with E-state index in [9.17, 15) is 9.59 Å². The van der Waals surface area contributed by atoms with E-state index in [2.05, 4.69) is 5.32 Å². The molecule has 2 unspecified atom stereocenters. The molecule has 0 radical (unpaired) electrons. The maximum absolute atomic E-state index is 12.3. The Balaban J connectivity index is 1.41. The number of carbonyl (C=O) groups is 2. The number of ether oxygens (including phenoxy) is 2. The molecule has 0 aliphatic carbocycles. The largest absolute Gasteiger partial charge is 0.497 e. The van der Waals surface area contributed by atoms with Gasteiger partial charge in [0.25, 0.3) is 0 Å². The molecule has 0 spiro atoms. The standard InChI is InChI=1S/C19H26N2O4/c1-24-16-6-4-14(5-7-16)8-9-20-19(23)15-11-18(22)21(12-15)13-17-3-2-10-25-17/h4-7,15,17H,2-3,8-13H2,1H3,(H,20,23). The van der Waals surface area contributed by atoms with Gasteiger partial charge in [0.2, 0.25) is 11.8 Å². The normalized spacial score (nSPS) is 23.1. The number of methoxy groups -OCH3 is 1. The molecule has 1 aromatic carbocycles. The second kappa shape index (κ2) is 8.34. The summed E-state index contributed by atoms with van der Waals surface area (Å²) in [6, 6.07) is 7.81. The van der Waals surface area contributed by atoms with Gasteiger partial charge in [0.15, 0.2) is 0 Å². The summed E-state index contributed by atoms with van der Waals surface area (Å²) >= 11 is 0. The molecule has 1 N–H and O–H groups in total. The van der Waals surface area contributed by atoms with Crippen LogP contribution in [0.4, 0.5) is 0 Å². The maximum atomic E-state index is 12.3. The highest BCUT2D eigenvalue weighted by molar-refractivity contribution is 5.89. The van der Waals surface area contributed by atoms with Crippen molar-refractivity contribution < 1.29 is 19.1 Å². The maximum Gasteiger partial charge on any atom is 0.225 e. The zero-order chi connectivity index (χ0) is 17.6. The van der Waals surface area contributed by atoms with Crippen molar-refractivity contribution in [2.45, 2.75) is 31.8 Å². The fourth-order valence-electron chi connectivity index (χ4n) is 3.42. The Kier molecular flexibility index (Phi) is 5.91. The van der Waals surface area contributed by atoms with Gasteiger partial charge in [-0.25, -0.2) is 0 Å². The quantitative estimate of drug-likeness (QED) is 0.810. The number of carbonyl (C=O) groups excluding carboxylic acids is 2. The molecule has 0 bridgehead atoms. The monoisotopic (exact) mass is 346 g/mol. The molecule has 25 heavy (non-hydrogen) atoms. The first-order valence-electron chi connectivity index (χ1n) is 8.95. The van der Waals surface area contributed by atoms with Gasteiger partial charge >= 0.3 is 0 Å². The number of likely N-dealkylation sites (tertiary alicyclic amines) is 1. The van der Waals surface area contributed by atoms with E-state index in [4.69, 9.17) is 9.47 Å². The van der Waals surface area contributed by atoms with Crippen molar-refractivity contribution in [1.82, 2.24) is 10.2 Å². The summed E-state index contributed by atoms with van der Waals surface area (Å²) in [4.78, 5) is 26.2. The predicted octanol–water partition coefficient (Wildman–Crippen LogP) is 1.38. The number of amides is 2. The van der Waals surface area contributed by atoms with Crippen LogP contribution < -0.4 is 10.1 Å². The molecule has 0 saturated carbocycles. The highest BCUT2D eigenvalue weighted by Gasteiger charge is 2.35. The molecule has 2 saturated heterocycles. The van der Waals surface area contributed by atoms with E-state index in [1.54, 1.807) is 12.0 Å². The van der Waals surface area contributed by atoms with E-state index in [1.165, 1.54) is 0 Å². The third kappa shape index (κ3) is 4.72. The number of hydrogen-bond donors (Lipinski definition) is 1. The fraction of sp³-hybridized carbons (Fsp3) is 0.579. The molecule has 2 fully saturated rings. The summed E-state index contributed by atoms with van der Waals surface area (Å²) in [6.45, 7) is 2.48. The van der Waals surface area contributed by atoms with E-state index < -0.39 is 0 Å². The summed E-state index contributed by atoms with van der Waals surface area (Å²) in [6.07, 6.45) is 3.27. The Bertz CT molecular complexity index is 596. The van der Waals surface area contributed by atoms with Gasteiger partial charge in [-0.1, -0.05) is 12.1 Å². The van der Waals surface area contributed by atoms with E-state index in [0.29, 0.717) is 26.1 Å². The minimum Gasteiger partial charge on any atom is -0.497 e. The van der Waals surface area contributed by atoms with Gasteiger partial charge in [0, 0.05) is 32.7 Å². The predicted molar refractivity (Wildman–Crippen MR) is 93.4 cm³/mol. The van der Waals surface area contributed by atoms with Crippen LogP contribution >= 0.6 is 0 Å². The summed E-state index contributed by atoms with van der Waals surface area (Å²) in [5, 5.41) is 2.96. The van der Waals surface area contributed by atoms with E-state index in [-0.39, 0.29) is 23.8 Å². The SMILES string of the molecule is COc1ccc(CCNC(=O)C2CC(=O)N(CC3CCCO3)C2)cc1. The summed E-state index contributed by atoms with van der Waals surface area (Å²) < 4.78 is 10.7. The summed E-state index contributed by atoms with van der Waals surface area (Å²) in [5.74, 6) is 0.607. The Hall–Kier alpha value is -2.08. The topological polar surface area (TPSA) is 67.9 Å². The third-order valence-electron chi connectivity index (χ3n) is 4.91. The van der Waals surface area contributed by atoms with Crippen LogP contribution in [-0.2, 0) is 20.7 Å². The average Bonchev–Trinajstić information content (AvgIpc) is 3.26. The Morgan fingerprint density at radius 1 is 1.36 bits per heavy atom. The van der Waals surface area contributed by atoms with Gasteiger partial charge < -0.3 is 19.7 Å². The first-order chi connectivity index (χ1) is 12.2. The third-order valence-corrected chi connectivity index (χ3v) is 4.91. The lowest BCUT2D eigenvalue weighted by molar-refractivity contribution is -0.129. The molecular formula is C19H26N2O4. The van der Waals surface area contributed by atoms with Gasteiger partial charge in [-0.15, -0.1) is 0 Å². The fourth-order valence-corrected chi connectivity index (χ4v) is 3.42. The lowest BCUT2D eigenvalue weighted by Crippen LogP contribution is -2.36. The second-order valence-electron chi connectivity index (χ2n) is 6.72. The first kappa shape index (κ1) is 17.7. The van der Waals surface area contributed by atoms with Crippen LogP contribution in [0, 0.1) is 5.92 Å². The Morgan fingerprint density at radius 2 is 2.16 bits per heavy atom. The van der Waals surface area contributed by atoms with Crippen LogP contribution in [0.15, 0.2) is 24.3 Å². The van der Waals surface area contributed by atoms with Crippen molar-refractivity contribution in [3.8, 4) is 5.75 Å². The van der Waals surface area contributed by atoms with Crippen molar-refractivity contribution in [1.29, 1.82) is 0 Å². The highest BCUT2D eigenvalue weighted by Crippen LogP contribution is 2.21. The molecule has 2 amide bonds. The van der Waals surface area contributed by atoms with Crippen molar-refractivity contribution >= 4 is 11.8 Å². The number of benzene rings is 1. The first-order valence-corrected chi connectivity index (χ1v) is 8.95. The van der Waals surface area contributed by atoms with Crippen LogP contribution in [-0.4, -0.2) is 56.2 Å². The molecular weight excluding hydrogens is 320 g/mol. The Labute approximate surface area is 148 Å². The van der Waals surface area contributed by atoms with Gasteiger partial charge in [-0.3, -0.25) is 9.59 Å². The molecule has 0 aromatic heterocycles.